The Morgan fingerprint density at radius 1 is 1.06 bits per heavy atom. The minimum atomic E-state index is -1.40. The van der Waals surface area contributed by atoms with Gasteiger partial charge in [0.05, 0.1) is 0 Å². The number of hydrogen-bond acceptors (Lipinski definition) is 4. The van der Waals surface area contributed by atoms with Crippen LogP contribution in [-0.4, -0.2) is 36.9 Å². The molecule has 0 atom stereocenters. The first-order valence-electron chi connectivity index (χ1n) is 5.05. The van der Waals surface area contributed by atoms with Crippen molar-refractivity contribution in [3.05, 3.63) is 29.8 Å². The zero-order valence-electron chi connectivity index (χ0n) is 9.18. The average Bonchev–Trinajstić information content (AvgIpc) is 2.29. The molecular formula is C12H13NO3. The highest BCUT2D eigenvalue weighted by Crippen LogP contribution is 2.30. The Labute approximate surface area is 93.5 Å². The summed E-state index contributed by atoms with van der Waals surface area (Å²) in [5, 5.41) is 9.05. The monoisotopic (exact) mass is 219 g/mol. The van der Waals surface area contributed by atoms with Gasteiger partial charge >= 0.3 is 0 Å². The summed E-state index contributed by atoms with van der Waals surface area (Å²) in [5.74, 6) is -1.56. The van der Waals surface area contributed by atoms with Crippen molar-refractivity contribution in [1.82, 2.24) is 0 Å². The lowest BCUT2D eigenvalue weighted by Crippen LogP contribution is -2.50. The maximum absolute atomic E-state index is 11.3. The maximum Gasteiger partial charge on any atom is 0.183 e. The van der Waals surface area contributed by atoms with E-state index >= 15 is 0 Å². The highest BCUT2D eigenvalue weighted by Gasteiger charge is 2.48. The van der Waals surface area contributed by atoms with E-state index in [0.717, 1.165) is 5.69 Å². The van der Waals surface area contributed by atoms with E-state index < -0.39 is 23.6 Å². The van der Waals surface area contributed by atoms with E-state index in [2.05, 4.69) is 0 Å². The number of carbonyl (C=O) groups excluding carboxylic acids is 2. The van der Waals surface area contributed by atoms with Gasteiger partial charge in [0.15, 0.2) is 17.7 Å². The molecule has 0 radical (unpaired) electrons. The lowest BCUT2D eigenvalue weighted by molar-refractivity contribution is -0.152. The molecule has 0 amide bonds. The predicted octanol–water partition coefficient (Wildman–Crippen LogP) is 0.349. The average molecular weight is 219 g/mol. The van der Waals surface area contributed by atoms with E-state index in [1.165, 1.54) is 0 Å². The zero-order valence-corrected chi connectivity index (χ0v) is 9.18. The molecule has 0 unspecified atom stereocenters. The molecule has 1 saturated carbocycles. The molecule has 1 aliphatic carbocycles. The lowest BCUT2D eigenvalue weighted by atomic mass is 9.75. The summed E-state index contributed by atoms with van der Waals surface area (Å²) in [4.78, 5) is 24.6. The normalized spacial score (nSPS) is 24.2. The first-order valence-corrected chi connectivity index (χ1v) is 5.05. The van der Waals surface area contributed by atoms with Crippen molar-refractivity contribution in [2.45, 2.75) is 12.0 Å². The van der Waals surface area contributed by atoms with Crippen LogP contribution in [0.2, 0.25) is 0 Å². The van der Waals surface area contributed by atoms with Gasteiger partial charge < -0.3 is 10.0 Å². The Kier molecular flexibility index (Phi) is 2.52. The number of aliphatic hydroxyl groups excluding tert-OH is 1. The summed E-state index contributed by atoms with van der Waals surface area (Å²) in [6, 6.07) is 7.20. The first-order chi connectivity index (χ1) is 7.52. The van der Waals surface area contributed by atoms with E-state index in [1.54, 1.807) is 12.1 Å². The number of rotatable bonds is 2. The number of carbonyl (C=O) groups is 2. The topological polar surface area (TPSA) is 57.6 Å². The van der Waals surface area contributed by atoms with Gasteiger partial charge in [0.2, 0.25) is 0 Å². The summed E-state index contributed by atoms with van der Waals surface area (Å²) in [7, 11) is 3.83. The van der Waals surface area contributed by atoms with Crippen LogP contribution >= 0.6 is 0 Å². The van der Waals surface area contributed by atoms with Crippen LogP contribution in [0.25, 0.3) is 0 Å². The molecule has 0 heterocycles. The van der Waals surface area contributed by atoms with Gasteiger partial charge in [0, 0.05) is 19.8 Å². The van der Waals surface area contributed by atoms with E-state index in [4.69, 9.17) is 5.11 Å². The van der Waals surface area contributed by atoms with Gasteiger partial charge in [-0.25, -0.2) is 0 Å². The lowest BCUT2D eigenvalue weighted by Gasteiger charge is -2.28. The van der Waals surface area contributed by atoms with Crippen LogP contribution < -0.4 is 4.90 Å². The largest absolute Gasteiger partial charge is 0.378 e. The number of anilines is 1. The van der Waals surface area contributed by atoms with Crippen LogP contribution in [0.3, 0.4) is 0 Å². The van der Waals surface area contributed by atoms with E-state index in [0.29, 0.717) is 5.56 Å². The number of hydrogen-bond donors (Lipinski definition) is 1. The van der Waals surface area contributed by atoms with E-state index in [-0.39, 0.29) is 0 Å². The molecule has 0 bridgehead atoms. The third-order valence-electron chi connectivity index (χ3n) is 2.85. The van der Waals surface area contributed by atoms with Gasteiger partial charge in [-0.2, -0.15) is 0 Å². The summed E-state index contributed by atoms with van der Waals surface area (Å²) in [5.41, 5.74) is 1.66. The number of nitrogens with zero attached hydrogens (tertiary/aromatic N) is 1. The molecule has 1 N–H and O–H groups in total. The fourth-order valence-electron chi connectivity index (χ4n) is 1.79. The van der Waals surface area contributed by atoms with Gasteiger partial charge in [0.25, 0.3) is 0 Å². The number of aliphatic hydroxyl groups is 1. The zero-order chi connectivity index (χ0) is 11.9. The summed E-state index contributed by atoms with van der Waals surface area (Å²) < 4.78 is 0. The van der Waals surface area contributed by atoms with Crippen molar-refractivity contribution in [3.63, 3.8) is 0 Å². The van der Waals surface area contributed by atoms with Crippen molar-refractivity contribution in [3.8, 4) is 0 Å². The van der Waals surface area contributed by atoms with Crippen LogP contribution in [0, 0.1) is 0 Å². The minimum Gasteiger partial charge on any atom is -0.378 e. The smallest absolute Gasteiger partial charge is 0.183 e. The van der Waals surface area contributed by atoms with Crippen molar-refractivity contribution in [2.24, 2.45) is 0 Å². The maximum atomic E-state index is 11.3. The van der Waals surface area contributed by atoms with Crippen molar-refractivity contribution >= 4 is 17.3 Å². The molecule has 2 rings (SSSR count). The molecule has 0 saturated heterocycles. The van der Waals surface area contributed by atoms with Crippen LogP contribution in [-0.2, 0) is 9.59 Å². The first kappa shape index (κ1) is 10.8. The number of ketones is 2. The van der Waals surface area contributed by atoms with Crippen LogP contribution in [0.15, 0.2) is 24.3 Å². The predicted molar refractivity (Wildman–Crippen MR) is 59.5 cm³/mol. The molecule has 1 aromatic carbocycles. The van der Waals surface area contributed by atoms with Crippen LogP contribution in [0.5, 0.6) is 0 Å². The number of benzene rings is 1. The summed E-state index contributed by atoms with van der Waals surface area (Å²) in [6.45, 7) is 0. The Hall–Kier alpha value is -1.68. The van der Waals surface area contributed by atoms with Gasteiger partial charge in [-0.15, -0.1) is 0 Å². The SMILES string of the molecule is CN(C)c1ccc(C2C(=O)C(O)C2=O)cc1. The van der Waals surface area contributed by atoms with Gasteiger partial charge in [0.1, 0.15) is 5.92 Å². The van der Waals surface area contributed by atoms with Crippen LogP contribution in [0.4, 0.5) is 5.69 Å². The van der Waals surface area contributed by atoms with Gasteiger partial charge in [-0.3, -0.25) is 9.59 Å². The summed E-state index contributed by atoms with van der Waals surface area (Å²) in [6.07, 6.45) is -1.40. The fraction of sp³-hybridized carbons (Fsp3) is 0.333. The van der Waals surface area contributed by atoms with Gasteiger partial charge in [-0.1, -0.05) is 12.1 Å². The molecule has 16 heavy (non-hydrogen) atoms. The standard InChI is InChI=1S/C12H13NO3/c1-13(2)8-5-3-7(4-6-8)9-10(14)12(16)11(9)15/h3-6,9,12,16H,1-2H3. The van der Waals surface area contributed by atoms with Gasteiger partial charge in [-0.05, 0) is 17.7 Å². The highest BCUT2D eigenvalue weighted by atomic mass is 16.3. The molecule has 1 aromatic rings. The molecule has 4 nitrogen and oxygen atoms in total. The fourth-order valence-corrected chi connectivity index (χ4v) is 1.79. The second-order valence-corrected chi connectivity index (χ2v) is 4.13. The molecule has 1 aliphatic rings. The second-order valence-electron chi connectivity index (χ2n) is 4.13. The molecule has 4 heteroatoms. The molecule has 1 fully saturated rings. The quantitative estimate of drug-likeness (QED) is 0.729. The van der Waals surface area contributed by atoms with E-state index in [9.17, 15) is 9.59 Å². The molecule has 0 aliphatic heterocycles. The molecular weight excluding hydrogens is 206 g/mol. The van der Waals surface area contributed by atoms with Crippen LogP contribution in [0.1, 0.15) is 11.5 Å². The molecule has 84 valence electrons. The second kappa shape index (κ2) is 3.72. The summed E-state index contributed by atoms with van der Waals surface area (Å²) >= 11 is 0. The Morgan fingerprint density at radius 2 is 1.56 bits per heavy atom. The third kappa shape index (κ3) is 1.51. The Morgan fingerprint density at radius 3 is 2.00 bits per heavy atom. The number of Topliss-reactive ketones (excluding diaryl/α,β-unsaturated/α-hetero) is 2. The Bertz CT molecular complexity index is 420. The van der Waals surface area contributed by atoms with E-state index in [1.807, 2.05) is 31.1 Å². The molecule has 0 aromatic heterocycles. The van der Waals surface area contributed by atoms with Crippen molar-refractivity contribution in [1.29, 1.82) is 0 Å². The van der Waals surface area contributed by atoms with Crippen molar-refractivity contribution < 1.29 is 14.7 Å². The Balaban J connectivity index is 2.23. The minimum absolute atomic E-state index is 0.400. The van der Waals surface area contributed by atoms with Crippen molar-refractivity contribution in [2.75, 3.05) is 19.0 Å². The highest BCUT2D eigenvalue weighted by molar-refractivity contribution is 6.29. The molecule has 0 spiro atoms. The third-order valence-corrected chi connectivity index (χ3v) is 2.85.